The smallest absolute Gasteiger partial charge is 0.219 e. The van der Waals surface area contributed by atoms with Crippen molar-refractivity contribution in [3.63, 3.8) is 0 Å². The molecule has 8 rings (SSSR count). The summed E-state index contributed by atoms with van der Waals surface area (Å²) in [5.74, 6) is -2.38. The number of nitrogens with zero attached hydrogens (tertiary/aromatic N) is 7. The molecule has 0 saturated carbocycles. The van der Waals surface area contributed by atoms with Gasteiger partial charge in [-0.25, -0.2) is 17.6 Å². The van der Waals surface area contributed by atoms with E-state index in [0.29, 0.717) is 49.3 Å². The molecule has 2 aromatic carbocycles. The highest BCUT2D eigenvalue weighted by Crippen LogP contribution is 2.36. The van der Waals surface area contributed by atoms with Gasteiger partial charge < -0.3 is 10.2 Å². The van der Waals surface area contributed by atoms with E-state index in [0.717, 1.165) is 64.6 Å². The molecule has 5 heterocycles. The Labute approximate surface area is 310 Å². The second-order valence-corrected chi connectivity index (χ2v) is 13.7. The largest absolute Gasteiger partial charge is 0.338 e. The number of benzene rings is 2. The number of rotatable bonds is 6. The average Bonchev–Trinajstić information content (AvgIpc) is 3.73. The number of aryl methyl sites for hydroxylation is 1. The molecule has 1 N–H and O–H groups in total. The number of fused-ring (bicyclic) bond motifs is 2. The Bertz CT molecular complexity index is 2340. The highest BCUT2D eigenvalue weighted by Gasteiger charge is 2.37. The minimum Gasteiger partial charge on any atom is -0.338 e. The third kappa shape index (κ3) is 7.21. The summed E-state index contributed by atoms with van der Waals surface area (Å²) >= 11 is 0. The van der Waals surface area contributed by atoms with Crippen LogP contribution in [-0.2, 0) is 49.2 Å². The van der Waals surface area contributed by atoms with Crippen molar-refractivity contribution >= 4 is 5.91 Å². The summed E-state index contributed by atoms with van der Waals surface area (Å²) in [5.41, 5.74) is 7.03. The van der Waals surface area contributed by atoms with Gasteiger partial charge in [0, 0.05) is 97.9 Å². The number of hydrogen-bond acceptors (Lipinski definition) is 6. The number of aromatic nitrogens is 5. The summed E-state index contributed by atoms with van der Waals surface area (Å²) in [4.78, 5) is 18.1. The first-order valence-electron chi connectivity index (χ1n) is 17.8. The second-order valence-electron chi connectivity index (χ2n) is 13.7. The van der Waals surface area contributed by atoms with Gasteiger partial charge in [-0.3, -0.25) is 19.1 Å². The first-order valence-corrected chi connectivity index (χ1v) is 17.8. The van der Waals surface area contributed by atoms with Gasteiger partial charge in [0.25, 0.3) is 0 Å². The van der Waals surface area contributed by atoms with Crippen LogP contribution in [0.25, 0.3) is 11.4 Å². The lowest BCUT2D eigenvalue weighted by atomic mass is 9.78. The molecule has 0 saturated heterocycles. The molecule has 5 aromatic rings. The van der Waals surface area contributed by atoms with E-state index in [9.17, 15) is 27.6 Å². The van der Waals surface area contributed by atoms with Crippen molar-refractivity contribution in [2.75, 3.05) is 13.1 Å². The Hall–Kier alpha value is -5.87. The van der Waals surface area contributed by atoms with Gasteiger partial charge in [-0.2, -0.15) is 15.5 Å². The zero-order valence-corrected chi connectivity index (χ0v) is 29.9. The topological polar surface area (TPSA) is 105 Å². The quantitative estimate of drug-likeness (QED) is 0.197. The van der Waals surface area contributed by atoms with Gasteiger partial charge in [0.1, 0.15) is 34.4 Å². The molecular weight excluding hydrogens is 696 g/mol. The van der Waals surface area contributed by atoms with Crippen LogP contribution in [0.1, 0.15) is 58.2 Å². The first kappa shape index (κ1) is 36.5. The molecule has 1 unspecified atom stereocenters. The Morgan fingerprint density at radius 2 is 1.59 bits per heavy atom. The van der Waals surface area contributed by atoms with Crippen LogP contribution in [0.5, 0.6) is 0 Å². The number of nitrogens with one attached hydrogen (secondary N) is 1. The van der Waals surface area contributed by atoms with Crippen molar-refractivity contribution in [1.29, 1.82) is 5.26 Å². The minimum absolute atomic E-state index is 0.00618. The Balaban J connectivity index is 0.000000167. The zero-order chi connectivity index (χ0) is 38.0. The fraction of sp³-hybridized carbons (Fsp3) is 0.293. The van der Waals surface area contributed by atoms with Crippen molar-refractivity contribution in [3.8, 4) is 17.5 Å². The molecule has 0 radical (unpaired) electrons. The molecule has 1 atom stereocenters. The van der Waals surface area contributed by atoms with Crippen molar-refractivity contribution in [2.45, 2.75) is 64.7 Å². The molecule has 1 amide bonds. The van der Waals surface area contributed by atoms with Crippen LogP contribution in [0.15, 0.2) is 79.0 Å². The standard InChI is InChI=1S/C21H20F2N4O.C20H18F2N4/c1-13-4-3-8-24-20(13)21-17-12-26(14(2)28)9-7-19(17)27(25-21)11-15-5-6-16(22)10-18(15)23;21-15-5-4-14(17(22)10-15)12-26-18-6-9-24-11-16(18)19(25-26)20(13-23)7-2-1-3-8-20/h3-6,8,10H,7,9,11-12H2,1-2H3;1-5,7,10,24H,6,8-9,11-12H2. The highest BCUT2D eigenvalue weighted by atomic mass is 19.1. The number of pyridine rings is 1. The Morgan fingerprint density at radius 3 is 2.20 bits per heavy atom. The maximum atomic E-state index is 14.2. The maximum absolute atomic E-state index is 14.2. The second kappa shape index (κ2) is 15.2. The Kier molecular flexibility index (Phi) is 10.3. The van der Waals surface area contributed by atoms with Crippen LogP contribution < -0.4 is 5.32 Å². The number of hydrogen-bond donors (Lipinski definition) is 1. The molecule has 54 heavy (non-hydrogen) atoms. The zero-order valence-electron chi connectivity index (χ0n) is 29.9. The predicted octanol–water partition coefficient (Wildman–Crippen LogP) is 6.62. The van der Waals surface area contributed by atoms with Crippen LogP contribution in [-0.4, -0.2) is 48.4 Å². The van der Waals surface area contributed by atoms with Crippen molar-refractivity contribution in [1.82, 2.24) is 34.8 Å². The van der Waals surface area contributed by atoms with E-state index in [1.54, 1.807) is 27.4 Å². The van der Waals surface area contributed by atoms with Crippen LogP contribution in [0.3, 0.4) is 0 Å². The van der Waals surface area contributed by atoms with E-state index < -0.39 is 28.7 Å². The fourth-order valence-corrected chi connectivity index (χ4v) is 7.28. The van der Waals surface area contributed by atoms with E-state index in [4.69, 9.17) is 10.2 Å². The molecule has 3 aliphatic rings. The number of nitriles is 1. The summed E-state index contributed by atoms with van der Waals surface area (Å²) < 4.78 is 58.2. The Morgan fingerprint density at radius 1 is 0.907 bits per heavy atom. The minimum atomic E-state index is -0.801. The van der Waals surface area contributed by atoms with E-state index in [1.807, 2.05) is 43.4 Å². The third-order valence-corrected chi connectivity index (χ3v) is 10.2. The third-order valence-electron chi connectivity index (χ3n) is 10.2. The van der Waals surface area contributed by atoms with Gasteiger partial charge in [-0.05, 0) is 37.1 Å². The molecule has 0 bridgehead atoms. The molecule has 2 aliphatic heterocycles. The predicted molar refractivity (Wildman–Crippen MR) is 194 cm³/mol. The highest BCUT2D eigenvalue weighted by molar-refractivity contribution is 5.74. The number of allylic oxidation sites excluding steroid dienone is 4. The van der Waals surface area contributed by atoms with E-state index in [2.05, 4.69) is 16.4 Å². The van der Waals surface area contributed by atoms with E-state index in [-0.39, 0.29) is 19.0 Å². The fourth-order valence-electron chi connectivity index (χ4n) is 7.28. The van der Waals surface area contributed by atoms with Gasteiger partial charge >= 0.3 is 0 Å². The normalized spacial score (nSPS) is 17.3. The first-order chi connectivity index (χ1) is 26.1. The SMILES string of the molecule is CC(=O)N1CCc2c(c(-c3ncccc3C)nn2Cc2ccc(F)cc2F)C1.N#CC1(c2nn(Cc3ccc(F)cc3F)c3c2CNCC3)C=CC=CC1. The molecule has 9 nitrogen and oxygen atoms in total. The monoisotopic (exact) mass is 734 g/mol. The van der Waals surface area contributed by atoms with Crippen LogP contribution in [0.2, 0.25) is 0 Å². The number of carbonyl (C=O) groups excluding carboxylic acids is 1. The molecule has 0 spiro atoms. The lowest BCUT2D eigenvalue weighted by Gasteiger charge is -2.27. The summed E-state index contributed by atoms with van der Waals surface area (Å²) in [5, 5.41) is 22.7. The van der Waals surface area contributed by atoms with Crippen molar-refractivity contribution in [3.05, 3.63) is 147 Å². The van der Waals surface area contributed by atoms with Gasteiger partial charge in [0.2, 0.25) is 5.91 Å². The average molecular weight is 735 g/mol. The van der Waals surface area contributed by atoms with Gasteiger partial charge in [0.05, 0.1) is 30.5 Å². The summed E-state index contributed by atoms with van der Waals surface area (Å²) in [7, 11) is 0. The maximum Gasteiger partial charge on any atom is 0.219 e. The van der Waals surface area contributed by atoms with Crippen LogP contribution in [0, 0.1) is 41.5 Å². The number of halogens is 4. The number of carbonyl (C=O) groups is 1. The van der Waals surface area contributed by atoms with Gasteiger partial charge in [-0.1, -0.05) is 42.5 Å². The van der Waals surface area contributed by atoms with Gasteiger partial charge in [-0.15, -0.1) is 0 Å². The molecule has 3 aromatic heterocycles. The lowest BCUT2D eigenvalue weighted by molar-refractivity contribution is -0.129. The van der Waals surface area contributed by atoms with Crippen molar-refractivity contribution < 1.29 is 22.4 Å². The molecular formula is C41H38F4N8O. The summed E-state index contributed by atoms with van der Waals surface area (Å²) in [6, 6.07) is 13.4. The van der Waals surface area contributed by atoms with E-state index >= 15 is 0 Å². The molecule has 276 valence electrons. The molecule has 1 aliphatic carbocycles. The molecule has 13 heteroatoms. The lowest BCUT2D eigenvalue weighted by Crippen LogP contribution is -2.34. The summed E-state index contributed by atoms with van der Waals surface area (Å²) in [6.07, 6.45) is 11.3. The van der Waals surface area contributed by atoms with Crippen molar-refractivity contribution in [2.24, 2.45) is 0 Å². The van der Waals surface area contributed by atoms with E-state index in [1.165, 1.54) is 24.3 Å². The van der Waals surface area contributed by atoms with Crippen LogP contribution in [0.4, 0.5) is 17.6 Å². The summed E-state index contributed by atoms with van der Waals surface area (Å²) in [6.45, 7) is 6.39. The molecule has 0 fully saturated rings. The van der Waals surface area contributed by atoms with Crippen LogP contribution >= 0.6 is 0 Å². The number of amides is 1. The van der Waals surface area contributed by atoms with Gasteiger partial charge in [0.15, 0.2) is 0 Å².